The Labute approximate surface area is 83.1 Å². The summed E-state index contributed by atoms with van der Waals surface area (Å²) < 4.78 is 14.5. The van der Waals surface area contributed by atoms with E-state index in [1.165, 1.54) is 0 Å². The highest BCUT2D eigenvalue weighted by Crippen LogP contribution is 1.88. The van der Waals surface area contributed by atoms with Gasteiger partial charge in [-0.1, -0.05) is 0 Å². The van der Waals surface area contributed by atoms with E-state index < -0.39 is 0 Å². The van der Waals surface area contributed by atoms with E-state index in [1.807, 2.05) is 6.92 Å². The van der Waals surface area contributed by atoms with Crippen molar-refractivity contribution in [3.05, 3.63) is 0 Å². The van der Waals surface area contributed by atoms with Crippen LogP contribution in [0, 0.1) is 0 Å². The molecule has 0 rings (SSSR count). The van der Waals surface area contributed by atoms with Crippen molar-refractivity contribution < 1.29 is 19.0 Å². The predicted molar refractivity (Wildman–Crippen MR) is 48.7 cm³/mol. The second-order valence-electron chi connectivity index (χ2n) is 2.22. The molecule has 0 aliphatic heterocycles. The number of ether oxygens (including phenoxy) is 3. The van der Waals surface area contributed by atoms with Crippen LogP contribution in [0.25, 0.3) is 0 Å². The smallest absolute Gasteiger partial charge is 0.332 e. The van der Waals surface area contributed by atoms with Crippen LogP contribution in [0.1, 0.15) is 13.3 Å². The molecule has 0 unspecified atom stereocenters. The van der Waals surface area contributed by atoms with E-state index in [-0.39, 0.29) is 19.4 Å². The number of carbonyl (C=O) groups excluding carboxylic acids is 1. The van der Waals surface area contributed by atoms with E-state index in [0.29, 0.717) is 25.5 Å². The molecule has 13 heavy (non-hydrogen) atoms. The van der Waals surface area contributed by atoms with Crippen molar-refractivity contribution >= 4 is 17.6 Å². The van der Waals surface area contributed by atoms with Crippen LogP contribution in [0.15, 0.2) is 0 Å². The molecule has 5 heteroatoms. The summed E-state index contributed by atoms with van der Waals surface area (Å²) in [6.45, 7) is 2.83. The summed E-state index contributed by atoms with van der Waals surface area (Å²) in [5.41, 5.74) is 0. The van der Waals surface area contributed by atoms with Gasteiger partial charge in [0.1, 0.15) is 13.4 Å². The van der Waals surface area contributed by atoms with Gasteiger partial charge >= 0.3 is 5.97 Å². The normalized spacial score (nSPS) is 10.0. The Morgan fingerprint density at radius 1 is 1.38 bits per heavy atom. The topological polar surface area (TPSA) is 44.8 Å². The van der Waals surface area contributed by atoms with Crippen LogP contribution in [0.4, 0.5) is 0 Å². The minimum atomic E-state index is -0.384. The maximum absolute atomic E-state index is 10.8. The van der Waals surface area contributed by atoms with E-state index in [1.54, 1.807) is 0 Å². The van der Waals surface area contributed by atoms with E-state index in [0.717, 1.165) is 0 Å². The summed E-state index contributed by atoms with van der Waals surface area (Å²) >= 11 is 5.39. The number of alkyl halides is 1. The fourth-order valence-corrected chi connectivity index (χ4v) is 0.659. The van der Waals surface area contributed by atoms with Gasteiger partial charge in [0.15, 0.2) is 0 Å². The summed E-state index contributed by atoms with van der Waals surface area (Å²) in [4.78, 5) is 10.8. The Hall–Kier alpha value is -0.320. The largest absolute Gasteiger partial charge is 0.464 e. The zero-order valence-corrected chi connectivity index (χ0v) is 8.51. The molecule has 0 amide bonds. The van der Waals surface area contributed by atoms with Gasteiger partial charge in [0, 0.05) is 12.5 Å². The number of halogens is 1. The van der Waals surface area contributed by atoms with Gasteiger partial charge in [-0.15, -0.1) is 11.6 Å². The van der Waals surface area contributed by atoms with Crippen molar-refractivity contribution in [2.45, 2.75) is 13.3 Å². The molecule has 0 aliphatic rings. The molecule has 0 aromatic heterocycles. The zero-order chi connectivity index (χ0) is 9.94. The lowest BCUT2D eigenvalue weighted by molar-refractivity contribution is -0.154. The van der Waals surface area contributed by atoms with Gasteiger partial charge < -0.3 is 14.2 Å². The van der Waals surface area contributed by atoms with Crippen molar-refractivity contribution in [3.8, 4) is 0 Å². The van der Waals surface area contributed by atoms with Gasteiger partial charge in [-0.05, 0) is 13.3 Å². The van der Waals surface area contributed by atoms with Gasteiger partial charge in [0.25, 0.3) is 0 Å². The molecule has 0 heterocycles. The number of esters is 1. The molecule has 0 aromatic rings. The highest BCUT2D eigenvalue weighted by atomic mass is 35.5. The standard InChI is InChI=1S/C8H15ClO4/c1-2-11-7-12-6-8(10)13-5-3-4-9/h2-7H2,1H3. The van der Waals surface area contributed by atoms with E-state index in [9.17, 15) is 4.79 Å². The Bertz CT molecular complexity index is 129. The van der Waals surface area contributed by atoms with Crippen molar-refractivity contribution in [1.82, 2.24) is 0 Å². The molecule has 0 bridgehead atoms. The van der Waals surface area contributed by atoms with Crippen molar-refractivity contribution in [2.75, 3.05) is 32.5 Å². The summed E-state index contributed by atoms with van der Waals surface area (Å²) in [6, 6.07) is 0. The van der Waals surface area contributed by atoms with E-state index in [2.05, 4.69) is 0 Å². The summed E-state index contributed by atoms with van der Waals surface area (Å²) in [6.07, 6.45) is 0.665. The van der Waals surface area contributed by atoms with Crippen LogP contribution < -0.4 is 0 Å². The SMILES string of the molecule is CCOCOCC(=O)OCCCCl. The number of rotatable bonds is 8. The van der Waals surface area contributed by atoms with Crippen LogP contribution in [0.5, 0.6) is 0 Å². The Balaban J connectivity index is 3.11. The van der Waals surface area contributed by atoms with E-state index >= 15 is 0 Å². The Morgan fingerprint density at radius 3 is 2.77 bits per heavy atom. The van der Waals surface area contributed by atoms with Crippen molar-refractivity contribution in [1.29, 1.82) is 0 Å². The number of hydrogen-bond acceptors (Lipinski definition) is 4. The first-order chi connectivity index (χ1) is 6.31. The monoisotopic (exact) mass is 210 g/mol. The molecule has 0 radical (unpaired) electrons. The van der Waals surface area contributed by atoms with Crippen LogP contribution >= 0.6 is 11.6 Å². The third-order valence-corrected chi connectivity index (χ3v) is 1.40. The molecule has 0 aromatic carbocycles. The summed E-state index contributed by atoms with van der Waals surface area (Å²) in [7, 11) is 0. The van der Waals surface area contributed by atoms with Crippen molar-refractivity contribution in [3.63, 3.8) is 0 Å². The van der Waals surface area contributed by atoms with Crippen LogP contribution in [-0.4, -0.2) is 38.5 Å². The maximum Gasteiger partial charge on any atom is 0.332 e. The average molecular weight is 211 g/mol. The highest BCUT2D eigenvalue weighted by molar-refractivity contribution is 6.17. The molecular weight excluding hydrogens is 196 g/mol. The van der Waals surface area contributed by atoms with Crippen LogP contribution in [-0.2, 0) is 19.0 Å². The lowest BCUT2D eigenvalue weighted by atomic mass is 10.5. The van der Waals surface area contributed by atoms with Gasteiger partial charge in [-0.2, -0.15) is 0 Å². The molecule has 0 fully saturated rings. The number of hydrogen-bond donors (Lipinski definition) is 0. The second kappa shape index (κ2) is 9.77. The molecule has 0 spiro atoms. The van der Waals surface area contributed by atoms with Crippen molar-refractivity contribution in [2.24, 2.45) is 0 Å². The van der Waals surface area contributed by atoms with E-state index in [4.69, 9.17) is 25.8 Å². The molecule has 78 valence electrons. The molecule has 0 saturated heterocycles. The van der Waals surface area contributed by atoms with Crippen LogP contribution in [0.3, 0.4) is 0 Å². The molecule has 4 nitrogen and oxygen atoms in total. The third kappa shape index (κ3) is 9.60. The fourth-order valence-electron chi connectivity index (χ4n) is 0.549. The van der Waals surface area contributed by atoms with Gasteiger partial charge in [-0.3, -0.25) is 0 Å². The molecule has 0 N–H and O–H groups in total. The minimum absolute atomic E-state index is 0.0672. The lowest BCUT2D eigenvalue weighted by Crippen LogP contribution is -2.15. The molecule has 0 saturated carbocycles. The highest BCUT2D eigenvalue weighted by Gasteiger charge is 2.01. The third-order valence-electron chi connectivity index (χ3n) is 1.13. The quantitative estimate of drug-likeness (QED) is 0.261. The second-order valence-corrected chi connectivity index (χ2v) is 2.60. The van der Waals surface area contributed by atoms with Gasteiger partial charge in [0.05, 0.1) is 6.61 Å². The molecule has 0 aliphatic carbocycles. The van der Waals surface area contributed by atoms with Gasteiger partial charge in [-0.25, -0.2) is 4.79 Å². The first-order valence-corrected chi connectivity index (χ1v) is 4.71. The van der Waals surface area contributed by atoms with Gasteiger partial charge in [0.2, 0.25) is 0 Å². The zero-order valence-electron chi connectivity index (χ0n) is 7.75. The summed E-state index contributed by atoms with van der Waals surface area (Å²) in [5.74, 6) is 0.109. The maximum atomic E-state index is 10.8. The predicted octanol–water partition coefficient (Wildman–Crippen LogP) is 1.17. The lowest BCUT2D eigenvalue weighted by Gasteiger charge is -2.04. The fraction of sp³-hybridized carbons (Fsp3) is 0.875. The molecular formula is C8H15ClO4. The minimum Gasteiger partial charge on any atom is -0.464 e. The first kappa shape index (κ1) is 12.7. The Kier molecular flexibility index (Phi) is 9.53. The summed E-state index contributed by atoms with van der Waals surface area (Å²) in [5, 5.41) is 0. The number of carbonyl (C=O) groups is 1. The first-order valence-electron chi connectivity index (χ1n) is 4.18. The van der Waals surface area contributed by atoms with Crippen LogP contribution in [0.2, 0.25) is 0 Å². The Morgan fingerprint density at radius 2 is 2.15 bits per heavy atom. The average Bonchev–Trinajstić information content (AvgIpc) is 2.13. The molecule has 0 atom stereocenters.